The minimum atomic E-state index is 0.0150. The first kappa shape index (κ1) is 23.9. The first-order chi connectivity index (χ1) is 17.5. The van der Waals surface area contributed by atoms with E-state index in [2.05, 4.69) is 69.0 Å². The van der Waals surface area contributed by atoms with E-state index in [0.717, 1.165) is 49.9 Å². The molecule has 0 radical (unpaired) electrons. The van der Waals surface area contributed by atoms with Crippen molar-refractivity contribution in [2.45, 2.75) is 13.1 Å². The van der Waals surface area contributed by atoms with E-state index < -0.39 is 0 Å². The fraction of sp³-hybridized carbons (Fsp3) is 0.129. The molecule has 0 aliphatic rings. The molecule has 4 nitrogen and oxygen atoms in total. The Morgan fingerprint density at radius 3 is 2.28 bits per heavy atom. The Kier molecular flexibility index (Phi) is 6.92. The third-order valence-electron chi connectivity index (χ3n) is 6.42. The topological polar surface area (TPSA) is 34.5 Å². The Hall–Kier alpha value is -3.83. The summed E-state index contributed by atoms with van der Waals surface area (Å²) in [6.07, 6.45) is 1.99. The zero-order chi connectivity index (χ0) is 25.1. The number of carbonyl (C=O) groups excluding carboxylic acids is 1. The molecule has 5 aromatic rings. The smallest absolute Gasteiger partial charge is 0.256 e. The summed E-state index contributed by atoms with van der Waals surface area (Å²) in [7, 11) is 3.52. The van der Waals surface area contributed by atoms with E-state index in [0.29, 0.717) is 6.54 Å². The lowest BCUT2D eigenvalue weighted by molar-refractivity contribution is 0.0787. The first-order valence-electron chi connectivity index (χ1n) is 11.8. The SMILES string of the molecule is COc1ccc(-c2ccc(CN(C)C(=O)c3cn(Cc4ccccc4)c4ccccc34)cc2)cc1Br. The quantitative estimate of drug-likeness (QED) is 0.216. The lowest BCUT2D eigenvalue weighted by atomic mass is 10.0. The number of nitrogens with zero attached hydrogens (tertiary/aromatic N) is 2. The summed E-state index contributed by atoms with van der Waals surface area (Å²) in [5.41, 5.74) is 6.28. The predicted molar refractivity (Wildman–Crippen MR) is 149 cm³/mol. The fourth-order valence-electron chi connectivity index (χ4n) is 4.53. The molecule has 5 heteroatoms. The maximum absolute atomic E-state index is 13.5. The Labute approximate surface area is 219 Å². The number of ether oxygens (including phenoxy) is 1. The molecule has 0 spiro atoms. The molecule has 0 N–H and O–H groups in total. The van der Waals surface area contributed by atoms with Crippen molar-refractivity contribution in [2.24, 2.45) is 0 Å². The molecular formula is C31H27BrN2O2. The van der Waals surface area contributed by atoms with Gasteiger partial charge >= 0.3 is 0 Å². The van der Waals surface area contributed by atoms with Crippen LogP contribution in [0, 0.1) is 0 Å². The van der Waals surface area contributed by atoms with Gasteiger partial charge in [0.1, 0.15) is 5.75 Å². The van der Waals surface area contributed by atoms with E-state index in [4.69, 9.17) is 4.74 Å². The van der Waals surface area contributed by atoms with Crippen LogP contribution in [0.1, 0.15) is 21.5 Å². The van der Waals surface area contributed by atoms with Crippen molar-refractivity contribution < 1.29 is 9.53 Å². The normalized spacial score (nSPS) is 11.0. The molecule has 0 atom stereocenters. The van der Waals surface area contributed by atoms with Crippen molar-refractivity contribution in [3.8, 4) is 16.9 Å². The van der Waals surface area contributed by atoms with Crippen LogP contribution < -0.4 is 4.74 Å². The summed E-state index contributed by atoms with van der Waals surface area (Å²) in [6, 6.07) is 32.8. The van der Waals surface area contributed by atoms with Crippen molar-refractivity contribution in [3.05, 3.63) is 124 Å². The van der Waals surface area contributed by atoms with Gasteiger partial charge in [-0.3, -0.25) is 4.79 Å². The number of hydrogen-bond acceptors (Lipinski definition) is 2. The van der Waals surface area contributed by atoms with Crippen LogP contribution in [0.25, 0.3) is 22.0 Å². The molecule has 1 amide bonds. The van der Waals surface area contributed by atoms with Crippen LogP contribution in [-0.2, 0) is 13.1 Å². The van der Waals surface area contributed by atoms with Crippen LogP contribution in [-0.4, -0.2) is 29.5 Å². The van der Waals surface area contributed by atoms with E-state index >= 15 is 0 Å². The standard InChI is InChI=1S/C31H27BrN2O2/c1-33(19-23-12-14-24(15-13-23)25-16-17-30(36-2)28(32)18-25)31(35)27-21-34(20-22-8-4-3-5-9-22)29-11-7-6-10-26(27)29/h3-18,21H,19-20H2,1-2H3. The van der Waals surface area contributed by atoms with Crippen LogP contribution in [0.2, 0.25) is 0 Å². The monoisotopic (exact) mass is 538 g/mol. The van der Waals surface area contributed by atoms with Crippen LogP contribution in [0.4, 0.5) is 0 Å². The minimum Gasteiger partial charge on any atom is -0.496 e. The Morgan fingerprint density at radius 1 is 0.861 bits per heavy atom. The number of benzene rings is 4. The summed E-state index contributed by atoms with van der Waals surface area (Å²) in [5, 5.41) is 0.978. The number of methoxy groups -OCH3 is 1. The van der Waals surface area contributed by atoms with Crippen molar-refractivity contribution in [3.63, 3.8) is 0 Å². The van der Waals surface area contributed by atoms with E-state index in [-0.39, 0.29) is 5.91 Å². The number of aromatic nitrogens is 1. The Balaban J connectivity index is 1.35. The third kappa shape index (κ3) is 4.93. The number of hydrogen-bond donors (Lipinski definition) is 0. The average Bonchev–Trinajstić information content (AvgIpc) is 3.27. The van der Waals surface area contributed by atoms with Gasteiger partial charge in [-0.05, 0) is 56.4 Å². The number of para-hydroxylation sites is 1. The highest BCUT2D eigenvalue weighted by Crippen LogP contribution is 2.31. The van der Waals surface area contributed by atoms with Gasteiger partial charge in [-0.2, -0.15) is 0 Å². The molecule has 1 aromatic heterocycles. The highest BCUT2D eigenvalue weighted by atomic mass is 79.9. The van der Waals surface area contributed by atoms with Gasteiger partial charge in [0.05, 0.1) is 17.1 Å². The maximum Gasteiger partial charge on any atom is 0.256 e. The Morgan fingerprint density at radius 2 is 1.56 bits per heavy atom. The zero-order valence-corrected chi connectivity index (χ0v) is 21.9. The second-order valence-corrected chi connectivity index (χ2v) is 9.74. The molecule has 0 saturated carbocycles. The fourth-order valence-corrected chi connectivity index (χ4v) is 5.07. The summed E-state index contributed by atoms with van der Waals surface area (Å²) in [4.78, 5) is 15.3. The van der Waals surface area contributed by atoms with Crippen LogP contribution in [0.5, 0.6) is 5.75 Å². The van der Waals surface area contributed by atoms with E-state index in [1.807, 2.05) is 61.8 Å². The van der Waals surface area contributed by atoms with E-state index in [9.17, 15) is 4.79 Å². The van der Waals surface area contributed by atoms with Gasteiger partial charge in [0.15, 0.2) is 0 Å². The van der Waals surface area contributed by atoms with Crippen LogP contribution >= 0.6 is 15.9 Å². The van der Waals surface area contributed by atoms with Crippen molar-refractivity contribution in [1.29, 1.82) is 0 Å². The number of amides is 1. The molecule has 0 fully saturated rings. The summed E-state index contributed by atoms with van der Waals surface area (Å²) < 4.78 is 8.41. The van der Waals surface area contributed by atoms with E-state index in [1.165, 1.54) is 5.56 Å². The van der Waals surface area contributed by atoms with Crippen molar-refractivity contribution in [1.82, 2.24) is 9.47 Å². The molecule has 0 aliphatic carbocycles. The van der Waals surface area contributed by atoms with Crippen LogP contribution in [0.3, 0.4) is 0 Å². The molecular weight excluding hydrogens is 512 g/mol. The average molecular weight is 539 g/mol. The van der Waals surface area contributed by atoms with E-state index in [1.54, 1.807) is 12.0 Å². The van der Waals surface area contributed by atoms with Gasteiger partial charge in [-0.1, -0.05) is 78.9 Å². The predicted octanol–water partition coefficient (Wildman–Crippen LogP) is 7.40. The van der Waals surface area contributed by atoms with Crippen molar-refractivity contribution >= 4 is 32.7 Å². The van der Waals surface area contributed by atoms with Crippen molar-refractivity contribution in [2.75, 3.05) is 14.2 Å². The number of carbonyl (C=O) groups is 1. The van der Waals surface area contributed by atoms with Gasteiger partial charge in [0.2, 0.25) is 0 Å². The first-order valence-corrected chi connectivity index (χ1v) is 12.6. The lowest BCUT2D eigenvalue weighted by Gasteiger charge is -2.17. The molecule has 180 valence electrons. The number of halogens is 1. The molecule has 4 aromatic carbocycles. The van der Waals surface area contributed by atoms with Gasteiger partial charge in [-0.15, -0.1) is 0 Å². The second-order valence-electron chi connectivity index (χ2n) is 8.88. The molecule has 5 rings (SSSR count). The number of rotatable bonds is 7. The molecule has 36 heavy (non-hydrogen) atoms. The van der Waals surface area contributed by atoms with Crippen LogP contribution in [0.15, 0.2) is 108 Å². The maximum atomic E-state index is 13.5. The molecule has 0 bridgehead atoms. The highest BCUT2D eigenvalue weighted by molar-refractivity contribution is 9.10. The summed E-state index contributed by atoms with van der Waals surface area (Å²) in [5.74, 6) is 0.821. The number of fused-ring (bicyclic) bond motifs is 1. The van der Waals surface area contributed by atoms with Gasteiger partial charge < -0.3 is 14.2 Å². The Bertz CT molecular complexity index is 1510. The summed E-state index contributed by atoms with van der Waals surface area (Å²) >= 11 is 3.56. The zero-order valence-electron chi connectivity index (χ0n) is 20.3. The lowest BCUT2D eigenvalue weighted by Crippen LogP contribution is -2.26. The highest BCUT2D eigenvalue weighted by Gasteiger charge is 2.19. The molecule has 1 heterocycles. The van der Waals surface area contributed by atoms with Gasteiger partial charge in [-0.25, -0.2) is 0 Å². The largest absolute Gasteiger partial charge is 0.496 e. The second kappa shape index (κ2) is 10.4. The molecule has 0 aliphatic heterocycles. The molecule has 0 unspecified atom stereocenters. The third-order valence-corrected chi connectivity index (χ3v) is 7.04. The van der Waals surface area contributed by atoms with Gasteiger partial charge in [0.25, 0.3) is 5.91 Å². The van der Waals surface area contributed by atoms with Gasteiger partial charge in [0, 0.05) is 37.2 Å². The summed E-state index contributed by atoms with van der Waals surface area (Å²) in [6.45, 7) is 1.25. The minimum absolute atomic E-state index is 0.0150. The molecule has 0 saturated heterocycles.